The molecule has 100 valence electrons. The van der Waals surface area contributed by atoms with Gasteiger partial charge >= 0.3 is 0 Å². The normalized spacial score (nSPS) is 29.7. The minimum atomic E-state index is -1.15. The van der Waals surface area contributed by atoms with Crippen LogP contribution < -0.4 is 5.73 Å². The first-order valence-corrected chi connectivity index (χ1v) is 7.47. The zero-order valence-electron chi connectivity index (χ0n) is 11.2. The summed E-state index contributed by atoms with van der Waals surface area (Å²) in [5.74, 6) is 0.0143. The molecule has 1 aliphatic rings. The second-order valence-electron chi connectivity index (χ2n) is 5.76. The summed E-state index contributed by atoms with van der Waals surface area (Å²) in [6.45, 7) is 4.24. The van der Waals surface area contributed by atoms with Gasteiger partial charge in [-0.3, -0.25) is 9.00 Å². The first-order valence-electron chi connectivity index (χ1n) is 6.08. The summed E-state index contributed by atoms with van der Waals surface area (Å²) < 4.78 is 12.2. The molecule has 0 aliphatic heterocycles. The Hall–Kier alpha value is -0.420. The van der Waals surface area contributed by atoms with Gasteiger partial charge in [-0.15, -0.1) is 0 Å². The van der Waals surface area contributed by atoms with Gasteiger partial charge in [-0.25, -0.2) is 0 Å². The lowest BCUT2D eigenvalue weighted by Crippen LogP contribution is -2.52. The molecule has 0 aromatic rings. The van der Waals surface area contributed by atoms with E-state index in [-0.39, 0.29) is 28.4 Å². The van der Waals surface area contributed by atoms with Crippen LogP contribution in [0.5, 0.6) is 0 Å². The Labute approximate surface area is 106 Å². The van der Waals surface area contributed by atoms with Crippen molar-refractivity contribution in [2.24, 2.45) is 11.1 Å². The minimum absolute atomic E-state index is 0.0275. The van der Waals surface area contributed by atoms with Gasteiger partial charge in [-0.1, -0.05) is 20.3 Å². The Morgan fingerprint density at radius 2 is 2.06 bits per heavy atom. The summed E-state index contributed by atoms with van der Waals surface area (Å²) in [7, 11) is 2.22. The number of hydrogen-bond acceptors (Lipinski definition) is 3. The van der Waals surface area contributed by atoms with Crippen LogP contribution in [0.3, 0.4) is 0 Å². The quantitative estimate of drug-likeness (QED) is 0.813. The molecule has 2 N–H and O–H groups in total. The Bertz CT molecular complexity index is 316. The molecule has 0 saturated heterocycles. The molecule has 17 heavy (non-hydrogen) atoms. The zero-order valence-corrected chi connectivity index (χ0v) is 12.0. The van der Waals surface area contributed by atoms with Crippen molar-refractivity contribution in [2.75, 3.05) is 19.8 Å². The molecule has 0 aromatic carbocycles. The molecule has 3 unspecified atom stereocenters. The molecule has 1 rings (SSSR count). The van der Waals surface area contributed by atoms with Crippen LogP contribution >= 0.6 is 0 Å². The first kappa shape index (κ1) is 14.6. The Balaban J connectivity index is 2.66. The lowest BCUT2D eigenvalue weighted by molar-refractivity contribution is -0.125. The smallest absolute Gasteiger partial charge is 0.234 e. The standard InChI is InChI=1S/C12H24N2O2S/c1-12(2)7-5-6-9(11(12)13)17(16)8-10(15)14(3)4/h9,11H,5-8,13H2,1-4H3. The van der Waals surface area contributed by atoms with E-state index in [1.165, 1.54) is 4.90 Å². The second kappa shape index (κ2) is 5.48. The summed E-state index contributed by atoms with van der Waals surface area (Å²) >= 11 is 0. The third-order valence-electron chi connectivity index (χ3n) is 3.71. The van der Waals surface area contributed by atoms with E-state index in [0.717, 1.165) is 19.3 Å². The highest BCUT2D eigenvalue weighted by Gasteiger charge is 2.39. The molecule has 3 atom stereocenters. The monoisotopic (exact) mass is 260 g/mol. The fourth-order valence-electron chi connectivity index (χ4n) is 2.26. The van der Waals surface area contributed by atoms with Crippen molar-refractivity contribution < 1.29 is 9.00 Å². The summed E-state index contributed by atoms with van der Waals surface area (Å²) in [5, 5.41) is -0.0392. The third-order valence-corrected chi connectivity index (χ3v) is 5.45. The van der Waals surface area contributed by atoms with Crippen LogP contribution in [0.1, 0.15) is 33.1 Å². The number of rotatable bonds is 3. The molecule has 0 radical (unpaired) electrons. The molecular formula is C12H24N2O2S. The van der Waals surface area contributed by atoms with E-state index < -0.39 is 10.8 Å². The van der Waals surface area contributed by atoms with Crippen LogP contribution in [0.25, 0.3) is 0 Å². The van der Waals surface area contributed by atoms with Gasteiger partial charge in [0.25, 0.3) is 0 Å². The predicted octanol–water partition coefficient (Wildman–Crippen LogP) is 0.729. The minimum Gasteiger partial charge on any atom is -0.348 e. The van der Waals surface area contributed by atoms with E-state index in [2.05, 4.69) is 13.8 Å². The molecule has 0 spiro atoms. The van der Waals surface area contributed by atoms with E-state index in [1.807, 2.05) is 0 Å². The van der Waals surface area contributed by atoms with Crippen molar-refractivity contribution in [3.8, 4) is 0 Å². The molecule has 1 amide bonds. The van der Waals surface area contributed by atoms with Gasteiger partial charge in [0.2, 0.25) is 5.91 Å². The molecule has 0 bridgehead atoms. The largest absolute Gasteiger partial charge is 0.348 e. The average Bonchev–Trinajstić information content (AvgIpc) is 2.21. The summed E-state index contributed by atoms with van der Waals surface area (Å²) in [6, 6.07) is -0.0768. The second-order valence-corrected chi connectivity index (χ2v) is 7.41. The summed E-state index contributed by atoms with van der Waals surface area (Å²) in [5.41, 5.74) is 6.22. The summed E-state index contributed by atoms with van der Waals surface area (Å²) in [6.07, 6.45) is 2.99. The molecule has 1 fully saturated rings. The number of carbonyl (C=O) groups is 1. The van der Waals surface area contributed by atoms with E-state index in [0.29, 0.717) is 0 Å². The molecule has 0 aromatic heterocycles. The summed E-state index contributed by atoms with van der Waals surface area (Å²) in [4.78, 5) is 13.0. The first-order chi connectivity index (χ1) is 7.75. The van der Waals surface area contributed by atoms with Crippen molar-refractivity contribution >= 4 is 16.7 Å². The predicted molar refractivity (Wildman–Crippen MR) is 71.1 cm³/mol. The molecule has 1 saturated carbocycles. The fourth-order valence-corrected chi connectivity index (χ4v) is 4.10. The van der Waals surface area contributed by atoms with E-state index in [9.17, 15) is 9.00 Å². The number of nitrogens with zero attached hydrogens (tertiary/aromatic N) is 1. The fraction of sp³-hybridized carbons (Fsp3) is 0.917. The lowest BCUT2D eigenvalue weighted by atomic mass is 9.73. The van der Waals surface area contributed by atoms with Gasteiger partial charge in [-0.05, 0) is 18.3 Å². The molecule has 0 heterocycles. The van der Waals surface area contributed by atoms with E-state index in [1.54, 1.807) is 14.1 Å². The SMILES string of the molecule is CN(C)C(=O)CS(=O)C1CCCC(C)(C)C1N. The van der Waals surface area contributed by atoms with Gasteiger partial charge in [0.1, 0.15) is 5.75 Å². The molecule has 4 nitrogen and oxygen atoms in total. The van der Waals surface area contributed by atoms with Crippen LogP contribution in [0, 0.1) is 5.41 Å². The van der Waals surface area contributed by atoms with Gasteiger partial charge in [0.05, 0.1) is 5.25 Å². The van der Waals surface area contributed by atoms with Crippen molar-refractivity contribution in [3.63, 3.8) is 0 Å². The zero-order chi connectivity index (χ0) is 13.2. The molecule has 1 aliphatic carbocycles. The van der Waals surface area contributed by atoms with Gasteiger partial charge < -0.3 is 10.6 Å². The van der Waals surface area contributed by atoms with Crippen LogP contribution in [-0.2, 0) is 15.6 Å². The number of nitrogens with two attached hydrogens (primary N) is 1. The van der Waals surface area contributed by atoms with Crippen molar-refractivity contribution in [3.05, 3.63) is 0 Å². The highest BCUT2D eigenvalue weighted by molar-refractivity contribution is 7.86. The van der Waals surface area contributed by atoms with E-state index >= 15 is 0 Å². The van der Waals surface area contributed by atoms with Crippen LogP contribution in [-0.4, -0.2) is 46.2 Å². The van der Waals surface area contributed by atoms with Crippen LogP contribution in [0.4, 0.5) is 0 Å². The Morgan fingerprint density at radius 1 is 1.47 bits per heavy atom. The highest BCUT2D eigenvalue weighted by Crippen LogP contribution is 2.36. The maximum absolute atomic E-state index is 12.2. The third kappa shape index (κ3) is 3.52. The average molecular weight is 260 g/mol. The van der Waals surface area contributed by atoms with Gasteiger partial charge in [0, 0.05) is 30.9 Å². The lowest BCUT2D eigenvalue weighted by Gasteiger charge is -2.41. The maximum atomic E-state index is 12.2. The molecule has 5 heteroatoms. The van der Waals surface area contributed by atoms with Gasteiger partial charge in [0.15, 0.2) is 0 Å². The van der Waals surface area contributed by atoms with Gasteiger partial charge in [-0.2, -0.15) is 0 Å². The molecular weight excluding hydrogens is 236 g/mol. The maximum Gasteiger partial charge on any atom is 0.234 e. The van der Waals surface area contributed by atoms with Crippen molar-refractivity contribution in [1.29, 1.82) is 0 Å². The highest BCUT2D eigenvalue weighted by atomic mass is 32.2. The van der Waals surface area contributed by atoms with E-state index in [4.69, 9.17) is 5.73 Å². The Morgan fingerprint density at radius 3 is 2.59 bits per heavy atom. The van der Waals surface area contributed by atoms with Crippen molar-refractivity contribution in [1.82, 2.24) is 4.90 Å². The number of amides is 1. The topological polar surface area (TPSA) is 63.4 Å². The van der Waals surface area contributed by atoms with Crippen molar-refractivity contribution in [2.45, 2.75) is 44.4 Å². The van der Waals surface area contributed by atoms with Crippen LogP contribution in [0.15, 0.2) is 0 Å². The Kier molecular flexibility index (Phi) is 4.72. The number of carbonyl (C=O) groups excluding carboxylic acids is 1. The van der Waals surface area contributed by atoms with Crippen LogP contribution in [0.2, 0.25) is 0 Å². The number of hydrogen-bond donors (Lipinski definition) is 1.